The Hall–Kier alpha value is -1.68. The molecule has 1 atom stereocenters. The Morgan fingerprint density at radius 2 is 2.00 bits per heavy atom. The smallest absolute Gasteiger partial charge is 0.233 e. The highest BCUT2D eigenvalue weighted by Gasteiger charge is 2.37. The Bertz CT molecular complexity index is 921. The molecule has 0 aliphatic carbocycles. The predicted molar refractivity (Wildman–Crippen MR) is 90.5 cm³/mol. The van der Waals surface area contributed by atoms with Gasteiger partial charge in [0.15, 0.2) is 5.65 Å². The summed E-state index contributed by atoms with van der Waals surface area (Å²) in [5.41, 5.74) is 0.0550. The van der Waals surface area contributed by atoms with Gasteiger partial charge in [-0.15, -0.1) is 0 Å². The topological polar surface area (TPSA) is 67.6 Å². The Balaban J connectivity index is 2.02. The van der Waals surface area contributed by atoms with Gasteiger partial charge in [0.05, 0.1) is 11.4 Å². The van der Waals surface area contributed by atoms with Crippen molar-refractivity contribution in [1.82, 2.24) is 18.9 Å². The first-order valence-electron chi connectivity index (χ1n) is 8.48. The highest BCUT2D eigenvalue weighted by molar-refractivity contribution is 7.89. The van der Waals surface area contributed by atoms with Crippen LogP contribution in [0.4, 0.5) is 13.2 Å². The van der Waals surface area contributed by atoms with E-state index in [1.54, 1.807) is 20.8 Å². The zero-order valence-electron chi connectivity index (χ0n) is 14.8. The summed E-state index contributed by atoms with van der Waals surface area (Å²) in [6.45, 7) is 5.71. The van der Waals surface area contributed by atoms with Crippen LogP contribution in [0.2, 0.25) is 0 Å². The minimum atomic E-state index is -4.55. The summed E-state index contributed by atoms with van der Waals surface area (Å²) in [6, 6.07) is 2.56. The van der Waals surface area contributed by atoms with E-state index in [9.17, 15) is 21.6 Å². The first kappa shape index (κ1) is 19.1. The zero-order chi connectivity index (χ0) is 19.3. The molecule has 1 saturated heterocycles. The molecule has 2 aromatic heterocycles. The van der Waals surface area contributed by atoms with E-state index in [4.69, 9.17) is 0 Å². The van der Waals surface area contributed by atoms with Crippen molar-refractivity contribution >= 4 is 15.7 Å². The normalized spacial score (nSPS) is 19.7. The van der Waals surface area contributed by atoms with Crippen LogP contribution in [0.3, 0.4) is 0 Å². The maximum atomic E-state index is 13.4. The van der Waals surface area contributed by atoms with Gasteiger partial charge < -0.3 is 0 Å². The first-order chi connectivity index (χ1) is 12.0. The fraction of sp³-hybridized carbons (Fsp3) is 0.625. The van der Waals surface area contributed by atoms with Crippen molar-refractivity contribution in [3.8, 4) is 0 Å². The average Bonchev–Trinajstić information content (AvgIpc) is 3.19. The van der Waals surface area contributed by atoms with E-state index in [1.807, 2.05) is 0 Å². The largest absolute Gasteiger partial charge is 0.433 e. The lowest BCUT2D eigenvalue weighted by atomic mass is 10.1. The van der Waals surface area contributed by atoms with Gasteiger partial charge in [0.1, 0.15) is 5.69 Å². The van der Waals surface area contributed by atoms with Gasteiger partial charge in [0.2, 0.25) is 10.0 Å². The molecule has 0 unspecified atom stereocenters. The molecule has 26 heavy (non-hydrogen) atoms. The van der Waals surface area contributed by atoms with Crippen LogP contribution in [-0.4, -0.2) is 46.2 Å². The van der Waals surface area contributed by atoms with Gasteiger partial charge in [-0.1, -0.05) is 13.8 Å². The van der Waals surface area contributed by atoms with Crippen molar-refractivity contribution in [3.05, 3.63) is 29.2 Å². The quantitative estimate of drug-likeness (QED) is 0.805. The molecule has 0 radical (unpaired) electrons. The second-order valence-corrected chi connectivity index (χ2v) is 9.06. The molecule has 0 amide bonds. The van der Waals surface area contributed by atoms with E-state index in [1.165, 1.54) is 10.4 Å². The van der Waals surface area contributed by atoms with Crippen LogP contribution in [0.5, 0.6) is 0 Å². The summed E-state index contributed by atoms with van der Waals surface area (Å²) in [5, 5.41) is 4.12. The predicted octanol–water partition coefficient (Wildman–Crippen LogP) is 3.01. The number of nitrogens with zero attached hydrogens (tertiary/aromatic N) is 4. The van der Waals surface area contributed by atoms with Gasteiger partial charge in [-0.3, -0.25) is 0 Å². The lowest BCUT2D eigenvalue weighted by molar-refractivity contribution is -0.142. The van der Waals surface area contributed by atoms with E-state index in [-0.39, 0.29) is 29.8 Å². The molecule has 1 aliphatic rings. The Labute approximate surface area is 150 Å². The number of halogens is 3. The maximum Gasteiger partial charge on any atom is 0.433 e. The molecule has 3 heterocycles. The van der Waals surface area contributed by atoms with Crippen molar-refractivity contribution in [2.24, 2.45) is 0 Å². The third-order valence-electron chi connectivity index (χ3n) is 4.68. The summed E-state index contributed by atoms with van der Waals surface area (Å²) in [4.78, 5) is 4.29. The molecule has 0 aromatic carbocycles. The molecule has 1 aliphatic heterocycles. The van der Waals surface area contributed by atoms with Crippen LogP contribution < -0.4 is 0 Å². The van der Waals surface area contributed by atoms with Crippen LogP contribution in [0, 0.1) is 0 Å². The summed E-state index contributed by atoms with van der Waals surface area (Å²) in [6.07, 6.45) is -4.02. The van der Waals surface area contributed by atoms with E-state index in [2.05, 4.69) is 10.1 Å². The second kappa shape index (κ2) is 6.49. The van der Waals surface area contributed by atoms with Gasteiger partial charge in [-0.2, -0.15) is 18.3 Å². The van der Waals surface area contributed by atoms with E-state index >= 15 is 0 Å². The van der Waals surface area contributed by atoms with Crippen LogP contribution in [-0.2, 0) is 16.2 Å². The molecule has 3 rings (SSSR count). The van der Waals surface area contributed by atoms with Crippen molar-refractivity contribution in [1.29, 1.82) is 0 Å². The third-order valence-corrected chi connectivity index (χ3v) is 6.52. The average molecular weight is 390 g/mol. The summed E-state index contributed by atoms with van der Waals surface area (Å²) in [7, 11) is -3.32. The number of alkyl halides is 3. The van der Waals surface area contributed by atoms with Gasteiger partial charge in [-0.25, -0.2) is 22.2 Å². The third kappa shape index (κ3) is 3.44. The molecular formula is C16H21F3N4O2S. The van der Waals surface area contributed by atoms with Crippen LogP contribution in [0.15, 0.2) is 12.1 Å². The Morgan fingerprint density at radius 3 is 2.58 bits per heavy atom. The standard InChI is InChI=1S/C16H21F3N4O2S/c1-4-26(24,25)22-6-5-11(9-22)13-8-15-20-12(10(2)3)7-14(16(17,18)19)23(15)21-13/h7-8,10-11H,4-6,9H2,1-3H3/t11-/m0/s1. The molecule has 2 aromatic rings. The molecule has 0 bridgehead atoms. The van der Waals surface area contributed by atoms with Crippen LogP contribution in [0.25, 0.3) is 5.65 Å². The van der Waals surface area contributed by atoms with Crippen molar-refractivity contribution in [2.45, 2.75) is 45.2 Å². The summed E-state index contributed by atoms with van der Waals surface area (Å²) in [5.74, 6) is -0.389. The number of rotatable bonds is 4. The van der Waals surface area contributed by atoms with Crippen molar-refractivity contribution in [3.63, 3.8) is 0 Å². The van der Waals surface area contributed by atoms with Crippen LogP contribution >= 0.6 is 0 Å². The molecule has 6 nitrogen and oxygen atoms in total. The SMILES string of the molecule is CCS(=O)(=O)N1CC[C@H](c2cc3nc(C(C)C)cc(C(F)(F)F)n3n2)C1. The molecule has 1 fully saturated rings. The molecule has 144 valence electrons. The number of fused-ring (bicyclic) bond motifs is 1. The summed E-state index contributed by atoms with van der Waals surface area (Å²) >= 11 is 0. The van der Waals surface area contributed by atoms with Crippen LogP contribution in [0.1, 0.15) is 56.1 Å². The fourth-order valence-corrected chi connectivity index (χ4v) is 4.27. The molecule has 0 saturated carbocycles. The number of sulfonamides is 1. The second-order valence-electron chi connectivity index (χ2n) is 6.80. The van der Waals surface area contributed by atoms with Gasteiger partial charge in [-0.05, 0) is 25.3 Å². The first-order valence-corrected chi connectivity index (χ1v) is 10.1. The minimum absolute atomic E-state index is 0.00239. The van der Waals surface area contributed by atoms with E-state index in [0.717, 1.165) is 10.6 Å². The molecule has 0 N–H and O–H groups in total. The van der Waals surface area contributed by atoms with Crippen molar-refractivity contribution in [2.75, 3.05) is 18.8 Å². The minimum Gasteiger partial charge on any atom is -0.233 e. The molecule has 0 spiro atoms. The lowest BCUT2D eigenvalue weighted by Crippen LogP contribution is -2.29. The number of hydrogen-bond donors (Lipinski definition) is 0. The van der Waals surface area contributed by atoms with Gasteiger partial charge in [0, 0.05) is 30.8 Å². The monoisotopic (exact) mass is 390 g/mol. The van der Waals surface area contributed by atoms with Gasteiger partial charge >= 0.3 is 6.18 Å². The summed E-state index contributed by atoms with van der Waals surface area (Å²) < 4.78 is 66.5. The highest BCUT2D eigenvalue weighted by Crippen LogP contribution is 2.33. The maximum absolute atomic E-state index is 13.4. The zero-order valence-corrected chi connectivity index (χ0v) is 15.6. The fourth-order valence-electron chi connectivity index (χ4n) is 3.11. The molecular weight excluding hydrogens is 369 g/mol. The Morgan fingerprint density at radius 1 is 1.31 bits per heavy atom. The highest BCUT2D eigenvalue weighted by atomic mass is 32.2. The lowest BCUT2D eigenvalue weighted by Gasteiger charge is -2.14. The van der Waals surface area contributed by atoms with E-state index in [0.29, 0.717) is 24.4 Å². The van der Waals surface area contributed by atoms with Crippen molar-refractivity contribution < 1.29 is 21.6 Å². The Kier molecular flexibility index (Phi) is 4.76. The van der Waals surface area contributed by atoms with Gasteiger partial charge in [0.25, 0.3) is 0 Å². The molecule has 10 heteroatoms. The number of hydrogen-bond acceptors (Lipinski definition) is 4. The number of aromatic nitrogens is 3. The van der Waals surface area contributed by atoms with E-state index < -0.39 is 21.9 Å².